The Kier molecular flexibility index (Phi) is 7.44. The normalized spacial score (nSPS) is 10.5. The Labute approximate surface area is 169 Å². The average Bonchev–Trinajstić information content (AvgIpc) is 2.69. The van der Waals surface area contributed by atoms with Crippen molar-refractivity contribution < 1.29 is 19.7 Å². The third-order valence-electron chi connectivity index (χ3n) is 4.60. The Balaban J connectivity index is 1.94. The average molecular weight is 418 g/mol. The molecule has 2 aromatic rings. The van der Waals surface area contributed by atoms with Crippen LogP contribution >= 0.6 is 0 Å². The van der Waals surface area contributed by atoms with Gasteiger partial charge < -0.3 is 0 Å². The SMILES string of the molecule is O=[N+]([O-])c1cccc(CCCCCCc2cccc([N+](=O)[O-])c2[N+](=O)[O-])c1[N+](=O)[O-]. The zero-order valence-electron chi connectivity index (χ0n) is 15.8. The van der Waals surface area contributed by atoms with Crippen LogP contribution in [0.2, 0.25) is 0 Å². The van der Waals surface area contributed by atoms with Crippen molar-refractivity contribution in [2.45, 2.75) is 38.5 Å². The highest BCUT2D eigenvalue weighted by molar-refractivity contribution is 5.58. The highest BCUT2D eigenvalue weighted by Crippen LogP contribution is 2.33. The third kappa shape index (κ3) is 5.31. The summed E-state index contributed by atoms with van der Waals surface area (Å²) in [5.41, 5.74) is -1.54. The van der Waals surface area contributed by atoms with Crippen LogP contribution in [-0.4, -0.2) is 19.7 Å². The number of nitrogens with zero attached hydrogens (tertiary/aromatic N) is 4. The van der Waals surface area contributed by atoms with Crippen molar-refractivity contribution in [3.8, 4) is 0 Å². The molecule has 12 nitrogen and oxygen atoms in total. The van der Waals surface area contributed by atoms with Crippen LogP contribution in [0.3, 0.4) is 0 Å². The van der Waals surface area contributed by atoms with E-state index < -0.39 is 42.4 Å². The molecule has 0 N–H and O–H groups in total. The number of hydrogen-bond donors (Lipinski definition) is 0. The fourth-order valence-electron chi connectivity index (χ4n) is 3.26. The fraction of sp³-hybridized carbons (Fsp3) is 0.333. The van der Waals surface area contributed by atoms with E-state index in [9.17, 15) is 40.5 Å². The summed E-state index contributed by atoms with van der Waals surface area (Å²) in [6, 6.07) is 7.96. The number of benzene rings is 2. The van der Waals surface area contributed by atoms with Gasteiger partial charge in [0.25, 0.3) is 0 Å². The maximum atomic E-state index is 11.2. The minimum atomic E-state index is -0.784. The second-order valence-corrected chi connectivity index (χ2v) is 6.51. The Hall–Kier alpha value is -3.96. The Morgan fingerprint density at radius 3 is 1.20 bits per heavy atom. The van der Waals surface area contributed by atoms with Crippen LogP contribution in [0.25, 0.3) is 0 Å². The fourth-order valence-corrected chi connectivity index (χ4v) is 3.26. The molecule has 2 rings (SSSR count). The molecule has 0 aliphatic carbocycles. The molecule has 0 saturated carbocycles. The lowest BCUT2D eigenvalue weighted by molar-refractivity contribution is -0.423. The van der Waals surface area contributed by atoms with E-state index in [-0.39, 0.29) is 24.0 Å². The quantitative estimate of drug-likeness (QED) is 0.287. The minimum absolute atomic E-state index is 0.281. The predicted octanol–water partition coefficient (Wildman–Crippen LogP) is 4.67. The van der Waals surface area contributed by atoms with Gasteiger partial charge in [-0.05, 0) is 25.7 Å². The molecule has 0 amide bonds. The molecule has 158 valence electrons. The summed E-state index contributed by atoms with van der Waals surface area (Å²) in [5.74, 6) is 0. The van der Waals surface area contributed by atoms with Gasteiger partial charge >= 0.3 is 22.7 Å². The summed E-state index contributed by atoms with van der Waals surface area (Å²) >= 11 is 0. The van der Waals surface area contributed by atoms with Crippen molar-refractivity contribution >= 4 is 22.7 Å². The first-order valence-electron chi connectivity index (χ1n) is 9.05. The number of hydrogen-bond acceptors (Lipinski definition) is 8. The smallest absolute Gasteiger partial charge is 0.258 e. The van der Waals surface area contributed by atoms with Crippen LogP contribution in [0.15, 0.2) is 36.4 Å². The first-order valence-corrected chi connectivity index (χ1v) is 9.05. The lowest BCUT2D eigenvalue weighted by atomic mass is 10.0. The van der Waals surface area contributed by atoms with Crippen LogP contribution in [0.4, 0.5) is 22.7 Å². The second-order valence-electron chi connectivity index (χ2n) is 6.51. The second kappa shape index (κ2) is 10.0. The molecule has 0 aliphatic rings. The number of aryl methyl sites for hydroxylation is 2. The lowest BCUT2D eigenvalue weighted by Gasteiger charge is -2.05. The zero-order chi connectivity index (χ0) is 22.3. The first kappa shape index (κ1) is 22.3. The lowest BCUT2D eigenvalue weighted by Crippen LogP contribution is -2.02. The molecule has 0 saturated heterocycles. The number of rotatable bonds is 11. The van der Waals surface area contributed by atoms with Gasteiger partial charge in [0.1, 0.15) is 0 Å². The van der Waals surface area contributed by atoms with E-state index in [2.05, 4.69) is 0 Å². The van der Waals surface area contributed by atoms with E-state index in [1.165, 1.54) is 24.3 Å². The van der Waals surface area contributed by atoms with Gasteiger partial charge in [0.05, 0.1) is 19.7 Å². The van der Waals surface area contributed by atoms with E-state index in [4.69, 9.17) is 0 Å². The zero-order valence-corrected chi connectivity index (χ0v) is 15.8. The Morgan fingerprint density at radius 1 is 0.533 bits per heavy atom. The van der Waals surface area contributed by atoms with E-state index in [1.54, 1.807) is 0 Å². The Morgan fingerprint density at radius 2 is 0.900 bits per heavy atom. The van der Waals surface area contributed by atoms with Gasteiger partial charge in [0.2, 0.25) is 0 Å². The van der Waals surface area contributed by atoms with Gasteiger partial charge in [0, 0.05) is 23.3 Å². The summed E-state index contributed by atoms with van der Waals surface area (Å²) < 4.78 is 0. The molecule has 0 bridgehead atoms. The molecule has 0 heterocycles. The molecule has 2 aromatic carbocycles. The van der Waals surface area contributed by atoms with Gasteiger partial charge in [-0.2, -0.15) is 0 Å². The van der Waals surface area contributed by atoms with E-state index in [0.717, 1.165) is 12.1 Å². The van der Waals surface area contributed by atoms with E-state index in [1.807, 2.05) is 0 Å². The van der Waals surface area contributed by atoms with Crippen molar-refractivity contribution in [1.29, 1.82) is 0 Å². The van der Waals surface area contributed by atoms with Crippen molar-refractivity contribution in [2.24, 2.45) is 0 Å². The first-order chi connectivity index (χ1) is 14.2. The largest absolute Gasteiger partial charge is 0.349 e. The molecule has 0 spiro atoms. The molecule has 0 fully saturated rings. The molecule has 0 aliphatic heterocycles. The molecular formula is C18H18N4O8. The molecule has 0 aromatic heterocycles. The highest BCUT2D eigenvalue weighted by atomic mass is 16.6. The molecule has 0 radical (unpaired) electrons. The Bertz CT molecular complexity index is 913. The van der Waals surface area contributed by atoms with Crippen LogP contribution in [-0.2, 0) is 12.8 Å². The molecular weight excluding hydrogens is 400 g/mol. The number of nitro groups is 4. The molecule has 12 heteroatoms. The van der Waals surface area contributed by atoms with Gasteiger partial charge in [-0.1, -0.05) is 37.1 Å². The van der Waals surface area contributed by atoms with Crippen LogP contribution in [0.1, 0.15) is 36.8 Å². The third-order valence-corrected chi connectivity index (χ3v) is 4.60. The standard InChI is InChI=1S/C18H18N4O8/c23-19(24)15-11-5-9-13(17(15)21(27)28)7-3-1-2-4-8-14-10-6-12-16(20(25)26)18(14)22(29)30/h5-6,9-12H,1-4,7-8H2. The van der Waals surface area contributed by atoms with Gasteiger partial charge in [-0.15, -0.1) is 0 Å². The van der Waals surface area contributed by atoms with Gasteiger partial charge in [-0.3, -0.25) is 40.5 Å². The summed E-state index contributed by atoms with van der Waals surface area (Å²) in [6.07, 6.45) is 2.94. The van der Waals surface area contributed by atoms with Crippen molar-refractivity contribution in [2.75, 3.05) is 0 Å². The molecule has 0 unspecified atom stereocenters. The molecule has 30 heavy (non-hydrogen) atoms. The summed E-state index contributed by atoms with van der Waals surface area (Å²) in [7, 11) is 0. The number of para-hydroxylation sites is 2. The summed E-state index contributed by atoms with van der Waals surface area (Å²) in [6.45, 7) is 0. The molecule has 0 atom stereocenters. The number of nitro benzene ring substituents is 4. The van der Waals surface area contributed by atoms with Crippen molar-refractivity contribution in [1.82, 2.24) is 0 Å². The van der Waals surface area contributed by atoms with Crippen LogP contribution < -0.4 is 0 Å². The van der Waals surface area contributed by atoms with Crippen molar-refractivity contribution in [3.63, 3.8) is 0 Å². The predicted molar refractivity (Wildman–Crippen MR) is 105 cm³/mol. The summed E-state index contributed by atoms with van der Waals surface area (Å²) in [5, 5.41) is 44.4. The van der Waals surface area contributed by atoms with E-state index in [0.29, 0.717) is 25.7 Å². The number of unbranched alkanes of at least 4 members (excludes halogenated alkanes) is 3. The highest BCUT2D eigenvalue weighted by Gasteiger charge is 2.28. The summed E-state index contributed by atoms with van der Waals surface area (Å²) in [4.78, 5) is 41.3. The van der Waals surface area contributed by atoms with Gasteiger partial charge in [-0.25, -0.2) is 0 Å². The van der Waals surface area contributed by atoms with E-state index >= 15 is 0 Å². The van der Waals surface area contributed by atoms with Crippen LogP contribution in [0, 0.1) is 40.5 Å². The maximum Gasteiger partial charge on any atom is 0.349 e. The van der Waals surface area contributed by atoms with Crippen molar-refractivity contribution in [3.05, 3.63) is 88.0 Å². The topological polar surface area (TPSA) is 173 Å². The maximum absolute atomic E-state index is 11.2. The van der Waals surface area contributed by atoms with Crippen LogP contribution in [0.5, 0.6) is 0 Å². The monoisotopic (exact) mass is 418 g/mol. The minimum Gasteiger partial charge on any atom is -0.258 e. The van der Waals surface area contributed by atoms with Gasteiger partial charge in [0.15, 0.2) is 0 Å².